The van der Waals surface area contributed by atoms with Crippen LogP contribution in [-0.2, 0) is 0 Å². The third kappa shape index (κ3) is 2.67. The van der Waals surface area contributed by atoms with Crippen molar-refractivity contribution in [2.24, 2.45) is 5.73 Å². The summed E-state index contributed by atoms with van der Waals surface area (Å²) in [7, 11) is 0. The van der Waals surface area contributed by atoms with E-state index in [0.717, 1.165) is 6.42 Å². The summed E-state index contributed by atoms with van der Waals surface area (Å²) in [5, 5.41) is 0. The molecule has 0 fully saturated rings. The average Bonchev–Trinajstić information content (AvgIpc) is 2.05. The fraction of sp³-hybridized carbons (Fsp3) is 0.364. The molecule has 2 atom stereocenters. The predicted molar refractivity (Wildman–Crippen MR) is 52.8 cm³/mol. The first-order valence-electron chi connectivity index (χ1n) is 4.33. The molecule has 0 aliphatic carbocycles. The van der Waals surface area contributed by atoms with Crippen molar-refractivity contribution in [2.75, 3.05) is 0 Å². The highest BCUT2D eigenvalue weighted by Crippen LogP contribution is 2.18. The lowest BCUT2D eigenvalue weighted by molar-refractivity contribution is 0.620. The Morgan fingerprint density at radius 2 is 1.92 bits per heavy atom. The van der Waals surface area contributed by atoms with Crippen molar-refractivity contribution in [3.63, 3.8) is 0 Å². The summed E-state index contributed by atoms with van der Waals surface area (Å²) in [4.78, 5) is 0. The fourth-order valence-corrected chi connectivity index (χ4v) is 1.37. The molecule has 2 N–H and O–H groups in total. The number of hydrogen-bond donors (Lipinski definition) is 1. The van der Waals surface area contributed by atoms with Crippen molar-refractivity contribution in [1.29, 1.82) is 0 Å². The van der Waals surface area contributed by atoms with E-state index in [2.05, 4.69) is 38.1 Å². The first-order chi connectivity index (χ1) is 5.70. The predicted octanol–water partition coefficient (Wildman–Crippen LogP) is 2.34. The Morgan fingerprint density at radius 1 is 1.33 bits per heavy atom. The summed E-state index contributed by atoms with van der Waals surface area (Å²) in [6.07, 6.45) is 0.948. The van der Waals surface area contributed by atoms with Crippen molar-refractivity contribution in [3.8, 4) is 0 Å². The number of nitrogens with two attached hydrogens (primary N) is 1. The third-order valence-electron chi connectivity index (χ3n) is 2.02. The van der Waals surface area contributed by atoms with Crippen molar-refractivity contribution in [2.45, 2.75) is 25.3 Å². The Kier molecular flexibility index (Phi) is 3.30. The SMILES string of the molecule is [CH2]C(N)CC(C)c1ccccc1. The summed E-state index contributed by atoms with van der Waals surface area (Å²) in [6.45, 7) is 5.96. The van der Waals surface area contributed by atoms with Crippen LogP contribution in [0.25, 0.3) is 0 Å². The van der Waals surface area contributed by atoms with E-state index in [0.29, 0.717) is 5.92 Å². The van der Waals surface area contributed by atoms with Gasteiger partial charge < -0.3 is 5.73 Å². The third-order valence-corrected chi connectivity index (χ3v) is 2.02. The summed E-state index contributed by atoms with van der Waals surface area (Å²) in [5.41, 5.74) is 6.96. The zero-order chi connectivity index (χ0) is 8.97. The minimum absolute atomic E-state index is 0.0419. The quantitative estimate of drug-likeness (QED) is 0.725. The van der Waals surface area contributed by atoms with Gasteiger partial charge in [-0.1, -0.05) is 37.3 Å². The Labute approximate surface area is 74.6 Å². The van der Waals surface area contributed by atoms with Crippen molar-refractivity contribution in [3.05, 3.63) is 42.8 Å². The minimum Gasteiger partial charge on any atom is -0.328 e. The van der Waals surface area contributed by atoms with Crippen LogP contribution in [0.5, 0.6) is 0 Å². The molecular weight excluding hydrogens is 146 g/mol. The molecule has 0 spiro atoms. The molecule has 1 aromatic carbocycles. The van der Waals surface area contributed by atoms with Crippen molar-refractivity contribution < 1.29 is 0 Å². The van der Waals surface area contributed by atoms with E-state index in [1.54, 1.807) is 0 Å². The van der Waals surface area contributed by atoms with Gasteiger partial charge in [0.15, 0.2) is 0 Å². The molecule has 0 heterocycles. The second kappa shape index (κ2) is 4.27. The molecule has 0 aromatic heterocycles. The average molecular weight is 162 g/mol. The van der Waals surface area contributed by atoms with Gasteiger partial charge in [-0.3, -0.25) is 0 Å². The molecule has 0 saturated carbocycles. The molecule has 0 amide bonds. The largest absolute Gasteiger partial charge is 0.328 e. The van der Waals surface area contributed by atoms with Crippen LogP contribution in [0.3, 0.4) is 0 Å². The first-order valence-corrected chi connectivity index (χ1v) is 4.33. The van der Waals surface area contributed by atoms with Crippen LogP contribution in [0.2, 0.25) is 0 Å². The topological polar surface area (TPSA) is 26.0 Å². The second-order valence-electron chi connectivity index (χ2n) is 3.31. The summed E-state index contributed by atoms with van der Waals surface area (Å²) in [5.74, 6) is 0.513. The second-order valence-corrected chi connectivity index (χ2v) is 3.31. The van der Waals surface area contributed by atoms with Crippen molar-refractivity contribution in [1.82, 2.24) is 0 Å². The van der Waals surface area contributed by atoms with Gasteiger partial charge >= 0.3 is 0 Å². The Balaban J connectivity index is 2.59. The molecule has 1 heteroatoms. The maximum atomic E-state index is 5.62. The van der Waals surface area contributed by atoms with Crippen LogP contribution in [0, 0.1) is 6.92 Å². The molecule has 1 nitrogen and oxygen atoms in total. The molecule has 1 aromatic rings. The Morgan fingerprint density at radius 3 is 2.42 bits per heavy atom. The zero-order valence-corrected chi connectivity index (χ0v) is 7.53. The standard InChI is InChI=1S/C11H16N/c1-9(8-10(2)12)11-6-4-3-5-7-11/h3-7,9-10H,2,8,12H2,1H3. The Hall–Kier alpha value is -0.820. The summed E-state index contributed by atoms with van der Waals surface area (Å²) < 4.78 is 0. The maximum absolute atomic E-state index is 5.62. The molecular formula is C11H16N. The highest BCUT2D eigenvalue weighted by Gasteiger charge is 2.06. The van der Waals surface area contributed by atoms with Gasteiger partial charge in [0.1, 0.15) is 0 Å². The number of hydrogen-bond acceptors (Lipinski definition) is 1. The monoisotopic (exact) mass is 162 g/mol. The van der Waals surface area contributed by atoms with Gasteiger partial charge in [-0.2, -0.15) is 0 Å². The van der Waals surface area contributed by atoms with E-state index in [1.807, 2.05) is 6.07 Å². The van der Waals surface area contributed by atoms with Crippen LogP contribution in [0.15, 0.2) is 30.3 Å². The number of benzene rings is 1. The molecule has 65 valence electrons. The van der Waals surface area contributed by atoms with Crippen molar-refractivity contribution >= 4 is 0 Å². The van der Waals surface area contributed by atoms with Gasteiger partial charge in [-0.25, -0.2) is 0 Å². The lowest BCUT2D eigenvalue weighted by Crippen LogP contribution is -2.17. The van der Waals surface area contributed by atoms with E-state index in [1.165, 1.54) is 5.56 Å². The van der Waals surface area contributed by atoms with Gasteiger partial charge in [0.05, 0.1) is 0 Å². The van der Waals surface area contributed by atoms with Crippen LogP contribution >= 0.6 is 0 Å². The first kappa shape index (κ1) is 9.27. The smallest absolute Gasteiger partial charge is 0.00451 e. The molecule has 0 saturated heterocycles. The van der Waals surface area contributed by atoms with E-state index < -0.39 is 0 Å². The zero-order valence-electron chi connectivity index (χ0n) is 7.53. The van der Waals surface area contributed by atoms with Gasteiger partial charge in [-0.05, 0) is 24.8 Å². The van der Waals surface area contributed by atoms with E-state index in [-0.39, 0.29) is 6.04 Å². The Bertz CT molecular complexity index is 216. The van der Waals surface area contributed by atoms with E-state index >= 15 is 0 Å². The minimum atomic E-state index is 0.0419. The van der Waals surface area contributed by atoms with E-state index in [4.69, 9.17) is 5.73 Å². The van der Waals surface area contributed by atoms with Gasteiger partial charge in [-0.15, -0.1) is 0 Å². The lowest BCUT2D eigenvalue weighted by atomic mass is 9.95. The number of rotatable bonds is 3. The molecule has 0 aliphatic rings. The van der Waals surface area contributed by atoms with Gasteiger partial charge in [0, 0.05) is 6.04 Å². The molecule has 1 radical (unpaired) electrons. The molecule has 0 bridgehead atoms. The summed E-state index contributed by atoms with van der Waals surface area (Å²) >= 11 is 0. The van der Waals surface area contributed by atoms with E-state index in [9.17, 15) is 0 Å². The highest BCUT2D eigenvalue weighted by atomic mass is 14.6. The van der Waals surface area contributed by atoms with Crippen LogP contribution in [0.1, 0.15) is 24.8 Å². The van der Waals surface area contributed by atoms with Gasteiger partial charge in [0.25, 0.3) is 0 Å². The fourth-order valence-electron chi connectivity index (χ4n) is 1.37. The van der Waals surface area contributed by atoms with Crippen LogP contribution in [0.4, 0.5) is 0 Å². The van der Waals surface area contributed by atoms with Crippen LogP contribution in [-0.4, -0.2) is 6.04 Å². The molecule has 2 unspecified atom stereocenters. The molecule has 12 heavy (non-hydrogen) atoms. The van der Waals surface area contributed by atoms with Crippen LogP contribution < -0.4 is 5.73 Å². The summed E-state index contributed by atoms with van der Waals surface area (Å²) in [6, 6.07) is 10.4. The molecule has 1 rings (SSSR count). The molecule has 0 aliphatic heterocycles. The van der Waals surface area contributed by atoms with Gasteiger partial charge in [0.2, 0.25) is 0 Å². The lowest BCUT2D eigenvalue weighted by Gasteiger charge is -2.13. The maximum Gasteiger partial charge on any atom is 0.00451 e. The normalized spacial score (nSPS) is 15.6. The highest BCUT2D eigenvalue weighted by molar-refractivity contribution is 5.18.